The number of aromatic nitrogens is 1. The maximum Gasteiger partial charge on any atom is 0.416 e. The monoisotopic (exact) mass is 417 g/mol. The second-order valence-electron chi connectivity index (χ2n) is 6.39. The Morgan fingerprint density at radius 1 is 0.931 bits per heavy atom. The Balaban J connectivity index is 1.51. The second-order valence-corrected chi connectivity index (χ2v) is 7.42. The number of alkyl halides is 3. The Hall–Kier alpha value is -3.33. The number of aryl methyl sites for hydroxylation is 1. The Morgan fingerprint density at radius 3 is 2.41 bits per heavy atom. The molecule has 0 radical (unpaired) electrons. The quantitative estimate of drug-likeness (QED) is 0.472. The number of carbonyl (C=O) groups excluding carboxylic acids is 2. The molecule has 0 unspecified atom stereocenters. The molecule has 29 heavy (non-hydrogen) atoms. The molecule has 2 aromatic heterocycles. The number of hydrazine groups is 1. The number of benzene rings is 2. The Bertz CT molecular complexity index is 1260. The topological polar surface area (TPSA) is 63.1 Å². The molecule has 0 fully saturated rings. The predicted octanol–water partition coefficient (Wildman–Crippen LogP) is 4.49. The molecule has 5 nitrogen and oxygen atoms in total. The zero-order valence-corrected chi connectivity index (χ0v) is 15.8. The summed E-state index contributed by atoms with van der Waals surface area (Å²) in [6.07, 6.45) is -4.56. The smallest absolute Gasteiger partial charge is 0.335 e. The van der Waals surface area contributed by atoms with E-state index < -0.39 is 23.6 Å². The largest absolute Gasteiger partial charge is 0.416 e. The molecule has 0 spiro atoms. The van der Waals surface area contributed by atoms with Crippen LogP contribution in [-0.2, 0) is 13.2 Å². The van der Waals surface area contributed by atoms with Crippen molar-refractivity contribution in [1.82, 2.24) is 15.4 Å². The number of nitrogens with zero attached hydrogens (tertiary/aromatic N) is 1. The van der Waals surface area contributed by atoms with Crippen molar-refractivity contribution in [3.05, 3.63) is 70.6 Å². The summed E-state index contributed by atoms with van der Waals surface area (Å²) in [4.78, 5) is 25.8. The summed E-state index contributed by atoms with van der Waals surface area (Å²) in [5.41, 5.74) is 4.31. The van der Waals surface area contributed by atoms with Crippen molar-refractivity contribution in [2.45, 2.75) is 6.18 Å². The number of para-hydroxylation sites is 1. The van der Waals surface area contributed by atoms with E-state index in [-0.39, 0.29) is 5.56 Å². The van der Waals surface area contributed by atoms with Crippen LogP contribution in [0.15, 0.2) is 54.6 Å². The first-order chi connectivity index (χ1) is 13.8. The molecular weight excluding hydrogens is 403 g/mol. The first-order valence-corrected chi connectivity index (χ1v) is 9.32. The number of amides is 2. The van der Waals surface area contributed by atoms with Gasteiger partial charge in [0.25, 0.3) is 11.8 Å². The third kappa shape index (κ3) is 3.44. The molecule has 0 atom stereocenters. The van der Waals surface area contributed by atoms with Gasteiger partial charge >= 0.3 is 6.18 Å². The molecular formula is C20H14F3N3O2S. The van der Waals surface area contributed by atoms with Crippen LogP contribution >= 0.6 is 11.3 Å². The van der Waals surface area contributed by atoms with Crippen LogP contribution in [0, 0.1) is 0 Å². The first kappa shape index (κ1) is 19.0. The van der Waals surface area contributed by atoms with Gasteiger partial charge in [-0.1, -0.05) is 24.3 Å². The molecule has 2 aromatic carbocycles. The SMILES string of the molecule is Cn1c2ccccc2c2cc(C(=O)NNC(=O)c3cccc(C(F)(F)F)c3)sc21. The van der Waals surface area contributed by atoms with E-state index >= 15 is 0 Å². The Kier molecular flexibility index (Phi) is 4.54. The predicted molar refractivity (Wildman–Crippen MR) is 105 cm³/mol. The molecule has 2 heterocycles. The average Bonchev–Trinajstić information content (AvgIpc) is 3.25. The zero-order chi connectivity index (χ0) is 20.8. The highest BCUT2D eigenvalue weighted by Crippen LogP contribution is 2.34. The van der Waals surface area contributed by atoms with E-state index in [9.17, 15) is 22.8 Å². The lowest BCUT2D eigenvalue weighted by molar-refractivity contribution is -0.137. The van der Waals surface area contributed by atoms with E-state index in [1.54, 1.807) is 6.07 Å². The van der Waals surface area contributed by atoms with Crippen LogP contribution in [0.4, 0.5) is 13.2 Å². The third-order valence-electron chi connectivity index (χ3n) is 4.54. The number of hydrogen-bond donors (Lipinski definition) is 2. The summed E-state index contributed by atoms with van der Waals surface area (Å²) < 4.78 is 40.3. The van der Waals surface area contributed by atoms with Gasteiger partial charge in [-0.3, -0.25) is 20.4 Å². The van der Waals surface area contributed by atoms with Gasteiger partial charge in [-0.2, -0.15) is 13.2 Å². The molecule has 4 rings (SSSR count). The van der Waals surface area contributed by atoms with Crippen LogP contribution in [0.5, 0.6) is 0 Å². The summed E-state index contributed by atoms with van der Waals surface area (Å²) in [7, 11) is 1.90. The van der Waals surface area contributed by atoms with Crippen molar-refractivity contribution in [3.8, 4) is 0 Å². The molecule has 0 aliphatic heterocycles. The van der Waals surface area contributed by atoms with Gasteiger partial charge in [0.15, 0.2) is 0 Å². The lowest BCUT2D eigenvalue weighted by Crippen LogP contribution is -2.41. The Labute approximate surface area is 166 Å². The number of hydrogen-bond acceptors (Lipinski definition) is 3. The van der Waals surface area contributed by atoms with E-state index in [0.717, 1.165) is 39.3 Å². The van der Waals surface area contributed by atoms with Crippen molar-refractivity contribution in [1.29, 1.82) is 0 Å². The zero-order valence-electron chi connectivity index (χ0n) is 15.0. The minimum absolute atomic E-state index is 0.206. The maximum absolute atomic E-state index is 12.8. The summed E-state index contributed by atoms with van der Waals surface area (Å²) >= 11 is 1.26. The molecule has 0 saturated carbocycles. The van der Waals surface area contributed by atoms with Crippen molar-refractivity contribution < 1.29 is 22.8 Å². The molecule has 2 amide bonds. The van der Waals surface area contributed by atoms with Gasteiger partial charge in [0.1, 0.15) is 4.83 Å². The standard InChI is InChI=1S/C20H14F3N3O2S/c1-26-15-8-3-2-7-13(15)14-10-16(29-19(14)26)18(28)25-24-17(27)11-5-4-6-12(9-11)20(21,22)23/h2-10H,1H3,(H,24,27)(H,25,28). The van der Waals surface area contributed by atoms with Gasteiger partial charge < -0.3 is 4.57 Å². The number of fused-ring (bicyclic) bond motifs is 3. The second kappa shape index (κ2) is 6.93. The highest BCUT2D eigenvalue weighted by Gasteiger charge is 2.31. The highest BCUT2D eigenvalue weighted by atomic mass is 32.1. The molecule has 148 valence electrons. The van der Waals surface area contributed by atoms with Gasteiger partial charge in [0.05, 0.1) is 10.4 Å². The van der Waals surface area contributed by atoms with Gasteiger partial charge in [-0.25, -0.2) is 0 Å². The van der Waals surface area contributed by atoms with E-state index in [2.05, 4.69) is 10.9 Å². The van der Waals surface area contributed by atoms with Crippen molar-refractivity contribution in [2.24, 2.45) is 7.05 Å². The highest BCUT2D eigenvalue weighted by molar-refractivity contribution is 7.20. The fourth-order valence-corrected chi connectivity index (χ4v) is 4.17. The number of thiophene rings is 1. The van der Waals surface area contributed by atoms with Gasteiger partial charge in [0.2, 0.25) is 0 Å². The maximum atomic E-state index is 12.8. The minimum atomic E-state index is -4.56. The Morgan fingerprint density at radius 2 is 1.66 bits per heavy atom. The van der Waals surface area contributed by atoms with Crippen molar-refractivity contribution in [3.63, 3.8) is 0 Å². The number of halogens is 3. The van der Waals surface area contributed by atoms with Crippen LogP contribution in [-0.4, -0.2) is 16.4 Å². The fraction of sp³-hybridized carbons (Fsp3) is 0.100. The van der Waals surface area contributed by atoms with Gasteiger partial charge in [0, 0.05) is 28.9 Å². The minimum Gasteiger partial charge on any atom is -0.335 e. The fourth-order valence-electron chi connectivity index (χ4n) is 3.12. The van der Waals surface area contributed by atoms with E-state index in [1.165, 1.54) is 17.4 Å². The first-order valence-electron chi connectivity index (χ1n) is 8.50. The number of nitrogens with one attached hydrogen (secondary N) is 2. The summed E-state index contributed by atoms with van der Waals surface area (Å²) in [5.74, 6) is -1.38. The number of carbonyl (C=O) groups is 2. The lowest BCUT2D eigenvalue weighted by Gasteiger charge is -2.09. The summed E-state index contributed by atoms with van der Waals surface area (Å²) in [6, 6.07) is 13.5. The molecule has 9 heteroatoms. The van der Waals surface area contributed by atoms with Crippen molar-refractivity contribution in [2.75, 3.05) is 0 Å². The summed E-state index contributed by atoms with van der Waals surface area (Å²) in [6.45, 7) is 0. The van der Waals surface area contributed by atoms with Crippen LogP contribution in [0.1, 0.15) is 25.6 Å². The van der Waals surface area contributed by atoms with Crippen LogP contribution in [0.25, 0.3) is 21.1 Å². The van der Waals surface area contributed by atoms with Gasteiger partial charge in [-0.05, 0) is 30.3 Å². The normalized spacial score (nSPS) is 11.7. The van der Waals surface area contributed by atoms with E-state index in [0.29, 0.717) is 4.88 Å². The average molecular weight is 417 g/mol. The van der Waals surface area contributed by atoms with E-state index in [1.807, 2.05) is 35.9 Å². The van der Waals surface area contributed by atoms with Crippen molar-refractivity contribution >= 4 is 44.3 Å². The molecule has 2 N–H and O–H groups in total. The molecule has 4 aromatic rings. The third-order valence-corrected chi connectivity index (χ3v) is 5.75. The van der Waals surface area contributed by atoms with Crippen LogP contribution in [0.2, 0.25) is 0 Å². The van der Waals surface area contributed by atoms with E-state index in [4.69, 9.17) is 0 Å². The number of rotatable bonds is 2. The van der Waals surface area contributed by atoms with Crippen LogP contribution < -0.4 is 10.9 Å². The summed E-state index contributed by atoms with van der Waals surface area (Å²) in [5, 5.41) is 1.93. The molecule has 0 aliphatic carbocycles. The molecule has 0 saturated heterocycles. The molecule has 0 aliphatic rings. The lowest BCUT2D eigenvalue weighted by atomic mass is 10.1. The molecule has 0 bridgehead atoms. The van der Waals surface area contributed by atoms with Crippen LogP contribution in [0.3, 0.4) is 0 Å². The van der Waals surface area contributed by atoms with Gasteiger partial charge in [-0.15, -0.1) is 11.3 Å².